The summed E-state index contributed by atoms with van der Waals surface area (Å²) in [4.78, 5) is 4.09. The normalized spacial score (nSPS) is 11.0. The van der Waals surface area contributed by atoms with Gasteiger partial charge < -0.3 is 5.73 Å². The molecule has 1 aromatic heterocycles. The third-order valence-corrected chi connectivity index (χ3v) is 4.11. The van der Waals surface area contributed by atoms with E-state index in [2.05, 4.69) is 9.71 Å². The highest BCUT2D eigenvalue weighted by atomic mass is 32.2. The SMILES string of the molecule is N=C(N)c1ccccc1NS(=O)(=O)CCc1ccccn1. The number of pyridine rings is 1. The first-order valence-electron chi connectivity index (χ1n) is 6.32. The molecule has 7 heteroatoms. The van der Waals surface area contributed by atoms with E-state index in [0.717, 1.165) is 0 Å². The van der Waals surface area contributed by atoms with Gasteiger partial charge in [-0.25, -0.2) is 8.42 Å². The van der Waals surface area contributed by atoms with Gasteiger partial charge in [-0.3, -0.25) is 15.1 Å². The number of anilines is 1. The number of hydrogen-bond acceptors (Lipinski definition) is 4. The molecule has 1 heterocycles. The second-order valence-corrected chi connectivity index (χ2v) is 6.29. The smallest absolute Gasteiger partial charge is 0.233 e. The van der Waals surface area contributed by atoms with Crippen LogP contribution in [0.1, 0.15) is 11.3 Å². The fourth-order valence-corrected chi connectivity index (χ4v) is 2.90. The van der Waals surface area contributed by atoms with E-state index in [1.54, 1.807) is 42.6 Å². The average Bonchev–Trinajstić information content (AvgIpc) is 2.46. The minimum Gasteiger partial charge on any atom is -0.384 e. The molecule has 0 saturated carbocycles. The Morgan fingerprint density at radius 1 is 1.19 bits per heavy atom. The van der Waals surface area contributed by atoms with Crippen LogP contribution in [0.4, 0.5) is 5.69 Å². The quantitative estimate of drug-likeness (QED) is 0.553. The van der Waals surface area contributed by atoms with E-state index in [1.165, 1.54) is 0 Å². The van der Waals surface area contributed by atoms with E-state index in [-0.39, 0.29) is 11.6 Å². The van der Waals surface area contributed by atoms with Gasteiger partial charge in [-0.05, 0) is 24.3 Å². The summed E-state index contributed by atoms with van der Waals surface area (Å²) < 4.78 is 26.7. The Morgan fingerprint density at radius 2 is 1.90 bits per heavy atom. The minimum absolute atomic E-state index is 0.0871. The first kappa shape index (κ1) is 15.0. The largest absolute Gasteiger partial charge is 0.384 e. The summed E-state index contributed by atoms with van der Waals surface area (Å²) in [6.07, 6.45) is 1.94. The van der Waals surface area contributed by atoms with Crippen LogP contribution in [0.15, 0.2) is 48.7 Å². The Hall–Kier alpha value is -2.41. The average molecular weight is 304 g/mol. The van der Waals surface area contributed by atoms with Crippen LogP contribution in [0.2, 0.25) is 0 Å². The molecule has 21 heavy (non-hydrogen) atoms. The van der Waals surface area contributed by atoms with Gasteiger partial charge in [0.2, 0.25) is 10.0 Å². The van der Waals surface area contributed by atoms with Crippen LogP contribution in [-0.2, 0) is 16.4 Å². The summed E-state index contributed by atoms with van der Waals surface area (Å²) >= 11 is 0. The fourth-order valence-electron chi connectivity index (χ4n) is 1.81. The first-order valence-corrected chi connectivity index (χ1v) is 7.97. The lowest BCUT2D eigenvalue weighted by Gasteiger charge is -2.11. The van der Waals surface area contributed by atoms with E-state index < -0.39 is 10.0 Å². The molecule has 2 rings (SSSR count). The Balaban J connectivity index is 2.10. The molecular formula is C14H16N4O2S. The number of nitrogen functional groups attached to an aromatic ring is 1. The molecule has 0 bridgehead atoms. The van der Waals surface area contributed by atoms with Crippen molar-refractivity contribution < 1.29 is 8.42 Å². The molecule has 0 aliphatic rings. The molecule has 0 spiro atoms. The second-order valence-electron chi connectivity index (χ2n) is 4.45. The van der Waals surface area contributed by atoms with Crippen LogP contribution in [0.25, 0.3) is 0 Å². The molecule has 0 aliphatic carbocycles. The van der Waals surface area contributed by atoms with Gasteiger partial charge in [0.1, 0.15) is 5.84 Å². The van der Waals surface area contributed by atoms with E-state index in [0.29, 0.717) is 23.4 Å². The predicted molar refractivity (Wildman–Crippen MR) is 82.8 cm³/mol. The summed E-state index contributed by atoms with van der Waals surface area (Å²) in [5.41, 5.74) is 6.82. The highest BCUT2D eigenvalue weighted by Gasteiger charge is 2.14. The first-order chi connectivity index (χ1) is 9.98. The van der Waals surface area contributed by atoms with E-state index in [1.807, 2.05) is 6.07 Å². The van der Waals surface area contributed by atoms with Gasteiger partial charge >= 0.3 is 0 Å². The highest BCUT2D eigenvalue weighted by molar-refractivity contribution is 7.92. The highest BCUT2D eigenvalue weighted by Crippen LogP contribution is 2.16. The van der Waals surface area contributed by atoms with Crippen LogP contribution in [0, 0.1) is 5.41 Å². The van der Waals surface area contributed by atoms with Crippen LogP contribution in [0.5, 0.6) is 0 Å². The van der Waals surface area contributed by atoms with Gasteiger partial charge in [0, 0.05) is 23.9 Å². The number of nitrogens with zero attached hydrogens (tertiary/aromatic N) is 1. The summed E-state index contributed by atoms with van der Waals surface area (Å²) in [6, 6.07) is 11.9. The van der Waals surface area contributed by atoms with Crippen LogP contribution in [-0.4, -0.2) is 25.0 Å². The Morgan fingerprint density at radius 3 is 2.57 bits per heavy atom. The van der Waals surface area contributed by atoms with Gasteiger partial charge in [-0.15, -0.1) is 0 Å². The number of sulfonamides is 1. The fraction of sp³-hybridized carbons (Fsp3) is 0.143. The van der Waals surface area contributed by atoms with Crippen molar-refractivity contribution in [1.29, 1.82) is 5.41 Å². The Kier molecular flexibility index (Phi) is 4.54. The van der Waals surface area contributed by atoms with Gasteiger partial charge in [-0.2, -0.15) is 0 Å². The summed E-state index contributed by atoms with van der Waals surface area (Å²) in [7, 11) is -3.53. The molecule has 0 unspecified atom stereocenters. The standard InChI is InChI=1S/C14H16N4O2S/c15-14(16)12-6-1-2-7-13(12)18-21(19,20)10-8-11-5-3-4-9-17-11/h1-7,9,18H,8,10H2,(H3,15,16). The molecule has 4 N–H and O–H groups in total. The molecule has 0 saturated heterocycles. The molecule has 110 valence electrons. The number of nitrogens with one attached hydrogen (secondary N) is 2. The maximum atomic E-state index is 12.1. The second kappa shape index (κ2) is 6.36. The van der Waals surface area contributed by atoms with Crippen LogP contribution < -0.4 is 10.5 Å². The van der Waals surface area contributed by atoms with Crippen molar-refractivity contribution in [2.24, 2.45) is 5.73 Å². The van der Waals surface area contributed by atoms with Crippen LogP contribution >= 0.6 is 0 Å². The minimum atomic E-state index is -3.53. The molecule has 2 aromatic rings. The van der Waals surface area contributed by atoms with Crippen molar-refractivity contribution in [2.45, 2.75) is 6.42 Å². The molecular weight excluding hydrogens is 288 g/mol. The van der Waals surface area contributed by atoms with Gasteiger partial charge in [-0.1, -0.05) is 18.2 Å². The third-order valence-electron chi connectivity index (χ3n) is 2.84. The van der Waals surface area contributed by atoms with Crippen molar-refractivity contribution >= 4 is 21.5 Å². The maximum Gasteiger partial charge on any atom is 0.233 e. The number of amidine groups is 1. The third kappa shape index (κ3) is 4.28. The number of aromatic nitrogens is 1. The molecule has 1 aromatic carbocycles. The zero-order valence-corrected chi connectivity index (χ0v) is 12.1. The van der Waals surface area contributed by atoms with Gasteiger partial charge in [0.25, 0.3) is 0 Å². The number of para-hydroxylation sites is 1. The van der Waals surface area contributed by atoms with Crippen molar-refractivity contribution in [3.63, 3.8) is 0 Å². The van der Waals surface area contributed by atoms with Crippen molar-refractivity contribution in [1.82, 2.24) is 4.98 Å². The molecule has 0 aliphatic heterocycles. The summed E-state index contributed by atoms with van der Waals surface area (Å²) in [5.74, 6) is -0.269. The zero-order chi connectivity index (χ0) is 15.3. The lowest BCUT2D eigenvalue weighted by Crippen LogP contribution is -2.21. The number of hydrogen-bond donors (Lipinski definition) is 3. The van der Waals surface area contributed by atoms with Crippen LogP contribution in [0.3, 0.4) is 0 Å². The van der Waals surface area contributed by atoms with Gasteiger partial charge in [0.15, 0.2) is 0 Å². The maximum absolute atomic E-state index is 12.1. The number of aryl methyl sites for hydroxylation is 1. The molecule has 0 amide bonds. The molecule has 0 atom stereocenters. The summed E-state index contributed by atoms with van der Waals surface area (Å²) in [6.45, 7) is 0. The molecule has 0 radical (unpaired) electrons. The topological polar surface area (TPSA) is 109 Å². The Bertz CT molecular complexity index is 730. The molecule has 0 fully saturated rings. The van der Waals surface area contributed by atoms with Gasteiger partial charge in [0.05, 0.1) is 11.4 Å². The summed E-state index contributed by atoms with van der Waals surface area (Å²) in [5, 5.41) is 7.45. The van der Waals surface area contributed by atoms with E-state index in [9.17, 15) is 8.42 Å². The monoisotopic (exact) mass is 304 g/mol. The lowest BCUT2D eigenvalue weighted by atomic mass is 10.2. The van der Waals surface area contributed by atoms with Crippen molar-refractivity contribution in [3.05, 3.63) is 59.9 Å². The molecule has 6 nitrogen and oxygen atoms in total. The number of nitrogens with two attached hydrogens (primary N) is 1. The van der Waals surface area contributed by atoms with Crippen molar-refractivity contribution in [3.8, 4) is 0 Å². The van der Waals surface area contributed by atoms with Crippen molar-refractivity contribution in [2.75, 3.05) is 10.5 Å². The van der Waals surface area contributed by atoms with E-state index in [4.69, 9.17) is 11.1 Å². The number of rotatable bonds is 6. The zero-order valence-electron chi connectivity index (χ0n) is 11.3. The predicted octanol–water partition coefficient (Wildman–Crippen LogP) is 1.35. The number of benzene rings is 1. The Labute approximate surface area is 123 Å². The van der Waals surface area contributed by atoms with E-state index >= 15 is 0 Å². The lowest BCUT2D eigenvalue weighted by molar-refractivity contribution is 0.600.